The number of hydrogen-bond donors (Lipinski definition) is 3. The fourth-order valence-electron chi connectivity index (χ4n) is 0.193. The molecule has 0 spiro atoms. The van der Waals surface area contributed by atoms with Crippen LogP contribution in [0.15, 0.2) is 0 Å². The molecule has 0 radical (unpaired) electrons. The van der Waals surface area contributed by atoms with Crippen molar-refractivity contribution in [3.8, 4) is 24.7 Å². The molecule has 0 saturated carbocycles. The fourth-order valence-corrected chi connectivity index (χ4v) is 0.193. The molecule has 0 atom stereocenters. The Kier molecular flexibility index (Phi) is 18.4. The molecule has 0 saturated heterocycles. The summed E-state index contributed by atoms with van der Waals surface area (Å²) in [6.45, 7) is 0.590. The number of nitrogens with one attached hydrogen (secondary N) is 1. The molecule has 0 aliphatic carbocycles. The van der Waals surface area contributed by atoms with Gasteiger partial charge in [0.1, 0.15) is 0 Å². The van der Waals surface area contributed by atoms with E-state index >= 15 is 0 Å². The van der Waals surface area contributed by atoms with Crippen LogP contribution in [0.25, 0.3) is 0 Å². The van der Waals surface area contributed by atoms with E-state index in [0.717, 1.165) is 0 Å². The maximum Gasteiger partial charge on any atom is 0.0540 e. The molecule has 62 valence electrons. The standard InChI is InChI=1S/C4H7NO.C4H6O/c1-2-3-4-5-6;1-2-3-4-5/h1,5-6H,3-4H2;1,5H,3-4H2. The van der Waals surface area contributed by atoms with Crippen molar-refractivity contribution in [2.24, 2.45) is 0 Å². The van der Waals surface area contributed by atoms with Crippen LogP contribution in [-0.4, -0.2) is 23.5 Å². The zero-order valence-electron chi connectivity index (χ0n) is 6.38. The van der Waals surface area contributed by atoms with Crippen molar-refractivity contribution in [2.75, 3.05) is 13.2 Å². The Bertz CT molecular complexity index is 132. The molecule has 0 bridgehead atoms. The molecule has 3 N–H and O–H groups in total. The molecule has 0 heterocycles. The molecule has 0 aromatic heterocycles. The van der Waals surface area contributed by atoms with Crippen molar-refractivity contribution in [1.82, 2.24) is 5.48 Å². The van der Waals surface area contributed by atoms with Crippen LogP contribution in [0.3, 0.4) is 0 Å². The molecule has 0 fully saturated rings. The molecular weight excluding hydrogens is 142 g/mol. The largest absolute Gasteiger partial charge is 0.395 e. The van der Waals surface area contributed by atoms with Gasteiger partial charge in [-0.3, -0.25) is 0 Å². The lowest BCUT2D eigenvalue weighted by Gasteiger charge is -1.83. The first-order valence-corrected chi connectivity index (χ1v) is 3.18. The van der Waals surface area contributed by atoms with E-state index in [4.69, 9.17) is 23.2 Å². The maximum absolute atomic E-state index is 7.92. The van der Waals surface area contributed by atoms with Crippen molar-refractivity contribution in [2.45, 2.75) is 12.8 Å². The zero-order chi connectivity index (χ0) is 8.95. The summed E-state index contributed by atoms with van der Waals surface area (Å²) < 4.78 is 0. The van der Waals surface area contributed by atoms with Gasteiger partial charge in [-0.1, -0.05) is 0 Å². The maximum atomic E-state index is 7.92. The lowest BCUT2D eigenvalue weighted by atomic mass is 10.5. The van der Waals surface area contributed by atoms with Gasteiger partial charge in [0, 0.05) is 19.4 Å². The zero-order valence-corrected chi connectivity index (χ0v) is 6.38. The van der Waals surface area contributed by atoms with Crippen molar-refractivity contribution in [3.05, 3.63) is 0 Å². The molecule has 0 amide bonds. The summed E-state index contributed by atoms with van der Waals surface area (Å²) in [4.78, 5) is 0. The molecule has 0 aromatic carbocycles. The van der Waals surface area contributed by atoms with E-state index in [-0.39, 0.29) is 6.61 Å². The highest BCUT2D eigenvalue weighted by molar-refractivity contribution is 4.83. The smallest absolute Gasteiger partial charge is 0.0540 e. The van der Waals surface area contributed by atoms with Gasteiger partial charge in [-0.2, -0.15) is 0 Å². The van der Waals surface area contributed by atoms with Gasteiger partial charge in [-0.05, 0) is 0 Å². The van der Waals surface area contributed by atoms with E-state index in [1.807, 2.05) is 5.48 Å². The van der Waals surface area contributed by atoms with E-state index in [1.165, 1.54) is 0 Å². The summed E-state index contributed by atoms with van der Waals surface area (Å²) in [6, 6.07) is 0. The highest BCUT2D eigenvalue weighted by Gasteiger charge is 1.70. The summed E-state index contributed by atoms with van der Waals surface area (Å²) in [5.74, 6) is 4.61. The van der Waals surface area contributed by atoms with Gasteiger partial charge in [-0.15, -0.1) is 24.7 Å². The second-order valence-corrected chi connectivity index (χ2v) is 1.54. The number of aliphatic hydroxyl groups excluding tert-OH is 1. The van der Waals surface area contributed by atoms with Gasteiger partial charge in [0.05, 0.1) is 6.61 Å². The van der Waals surface area contributed by atoms with Gasteiger partial charge >= 0.3 is 0 Å². The first kappa shape index (κ1) is 12.7. The molecule has 0 aromatic rings. The highest BCUT2D eigenvalue weighted by Crippen LogP contribution is 1.63. The van der Waals surface area contributed by atoms with Crippen molar-refractivity contribution >= 4 is 0 Å². The predicted molar refractivity (Wildman–Crippen MR) is 43.8 cm³/mol. The predicted octanol–water partition coefficient (Wildman–Crippen LogP) is -0.00950. The minimum absolute atomic E-state index is 0.108. The molecular formula is C8H13NO2. The Balaban J connectivity index is 0. The first-order valence-electron chi connectivity index (χ1n) is 3.18. The van der Waals surface area contributed by atoms with Crippen LogP contribution < -0.4 is 5.48 Å². The van der Waals surface area contributed by atoms with E-state index in [1.54, 1.807) is 0 Å². The van der Waals surface area contributed by atoms with Crippen molar-refractivity contribution in [3.63, 3.8) is 0 Å². The molecule has 0 aliphatic heterocycles. The molecule has 0 unspecified atom stereocenters. The average Bonchev–Trinajstić information content (AvgIpc) is 2.04. The topological polar surface area (TPSA) is 52.5 Å². The van der Waals surface area contributed by atoms with Gasteiger partial charge in [0.15, 0.2) is 0 Å². The van der Waals surface area contributed by atoms with Gasteiger partial charge in [0.25, 0.3) is 0 Å². The molecule has 0 aliphatic rings. The minimum Gasteiger partial charge on any atom is -0.395 e. The van der Waals surface area contributed by atoms with Gasteiger partial charge in [-0.25, -0.2) is 5.48 Å². The fraction of sp³-hybridized carbons (Fsp3) is 0.500. The summed E-state index contributed by atoms with van der Waals surface area (Å²) >= 11 is 0. The van der Waals surface area contributed by atoms with E-state index in [9.17, 15) is 0 Å². The van der Waals surface area contributed by atoms with Crippen LogP contribution in [0.5, 0.6) is 0 Å². The quantitative estimate of drug-likeness (QED) is 0.305. The highest BCUT2D eigenvalue weighted by atomic mass is 16.5. The second kappa shape index (κ2) is 16.0. The number of hydrogen-bond acceptors (Lipinski definition) is 3. The average molecular weight is 155 g/mol. The normalized spacial score (nSPS) is 6.91. The SMILES string of the molecule is C#CCCNO.C#CCCO. The van der Waals surface area contributed by atoms with Gasteiger partial charge < -0.3 is 10.3 Å². The van der Waals surface area contributed by atoms with E-state index in [2.05, 4.69) is 11.8 Å². The Hall–Kier alpha value is -1.00. The Morgan fingerprint density at radius 1 is 1.18 bits per heavy atom. The van der Waals surface area contributed by atoms with E-state index < -0.39 is 0 Å². The number of hydroxylamine groups is 1. The van der Waals surface area contributed by atoms with Crippen LogP contribution in [0, 0.1) is 24.7 Å². The number of aliphatic hydroxyl groups is 1. The summed E-state index contributed by atoms with van der Waals surface area (Å²) in [7, 11) is 0. The third-order valence-electron chi connectivity index (χ3n) is 0.637. The summed E-state index contributed by atoms with van der Waals surface area (Å²) in [6.07, 6.45) is 10.6. The lowest BCUT2D eigenvalue weighted by molar-refractivity contribution is 0.169. The van der Waals surface area contributed by atoms with Crippen LogP contribution in [0.2, 0.25) is 0 Å². The van der Waals surface area contributed by atoms with Crippen LogP contribution in [0.1, 0.15) is 12.8 Å². The second-order valence-electron chi connectivity index (χ2n) is 1.54. The molecule has 3 heteroatoms. The molecule has 11 heavy (non-hydrogen) atoms. The van der Waals surface area contributed by atoms with Crippen LogP contribution >= 0.6 is 0 Å². The lowest BCUT2D eigenvalue weighted by Crippen LogP contribution is -2.06. The Morgan fingerprint density at radius 3 is 1.82 bits per heavy atom. The van der Waals surface area contributed by atoms with E-state index in [0.29, 0.717) is 19.4 Å². The van der Waals surface area contributed by atoms with Gasteiger partial charge in [0.2, 0.25) is 0 Å². The minimum atomic E-state index is 0.108. The van der Waals surface area contributed by atoms with Crippen molar-refractivity contribution in [1.29, 1.82) is 0 Å². The third kappa shape index (κ3) is 27.6. The first-order chi connectivity index (χ1) is 5.33. The molecule has 0 rings (SSSR count). The summed E-state index contributed by atoms with van der Waals surface area (Å²) in [5.41, 5.74) is 1.93. The monoisotopic (exact) mass is 155 g/mol. The Labute approximate surface area is 67.4 Å². The Morgan fingerprint density at radius 2 is 1.73 bits per heavy atom. The van der Waals surface area contributed by atoms with Crippen LogP contribution in [0.4, 0.5) is 0 Å². The van der Waals surface area contributed by atoms with Crippen molar-refractivity contribution < 1.29 is 10.3 Å². The summed E-state index contributed by atoms with van der Waals surface area (Å²) in [5, 5.41) is 15.8. The number of terminal acetylenes is 2. The van der Waals surface area contributed by atoms with Crippen LogP contribution in [-0.2, 0) is 0 Å². The third-order valence-corrected chi connectivity index (χ3v) is 0.637. The molecule has 3 nitrogen and oxygen atoms in total. The number of rotatable bonds is 3.